The number of carbonyl (C=O) groups is 2. The summed E-state index contributed by atoms with van der Waals surface area (Å²) in [6.45, 7) is 9.93. The number of nitrogens with one attached hydrogen (secondary N) is 2. The molecule has 0 heterocycles. The summed E-state index contributed by atoms with van der Waals surface area (Å²) in [6.07, 6.45) is 1.38. The van der Waals surface area contributed by atoms with Crippen molar-refractivity contribution in [3.05, 3.63) is 35.4 Å². The van der Waals surface area contributed by atoms with Gasteiger partial charge < -0.3 is 15.4 Å². The van der Waals surface area contributed by atoms with Crippen LogP contribution in [0.4, 0.5) is 4.79 Å². The molecule has 0 fully saturated rings. The minimum absolute atomic E-state index is 0.0645. The van der Waals surface area contributed by atoms with Crippen LogP contribution in [0.25, 0.3) is 0 Å². The van der Waals surface area contributed by atoms with Crippen molar-refractivity contribution in [1.29, 1.82) is 0 Å². The van der Waals surface area contributed by atoms with Crippen LogP contribution in [-0.4, -0.2) is 23.6 Å². The standard InChI is InChI=1S/C18H28N2O3/c1-6-15(7-2)20-16(21)14-10-8-13(9-11-14)12-19-17(22)23-18(3,4)5/h8-11,15H,6-7,12H2,1-5H3,(H,19,22)(H,20,21). The SMILES string of the molecule is CCC(CC)NC(=O)c1ccc(CNC(=O)OC(C)(C)C)cc1. The highest BCUT2D eigenvalue weighted by Crippen LogP contribution is 2.08. The molecule has 1 aromatic carbocycles. The van der Waals surface area contributed by atoms with Crippen molar-refractivity contribution >= 4 is 12.0 Å². The summed E-state index contributed by atoms with van der Waals surface area (Å²) in [5.74, 6) is -0.0645. The molecule has 0 atom stereocenters. The molecule has 128 valence electrons. The lowest BCUT2D eigenvalue weighted by molar-refractivity contribution is 0.0523. The second-order valence-electron chi connectivity index (χ2n) is 6.54. The Morgan fingerprint density at radius 2 is 1.65 bits per heavy atom. The molecule has 0 aliphatic rings. The van der Waals surface area contributed by atoms with Gasteiger partial charge in [0.2, 0.25) is 0 Å². The average molecular weight is 320 g/mol. The molecule has 2 N–H and O–H groups in total. The molecule has 0 aromatic heterocycles. The van der Waals surface area contributed by atoms with Gasteiger partial charge in [-0.3, -0.25) is 4.79 Å². The Hall–Kier alpha value is -2.04. The Morgan fingerprint density at radius 3 is 2.13 bits per heavy atom. The molecular formula is C18H28N2O3. The number of amides is 2. The van der Waals surface area contributed by atoms with Crippen molar-refractivity contribution < 1.29 is 14.3 Å². The fourth-order valence-electron chi connectivity index (χ4n) is 2.02. The van der Waals surface area contributed by atoms with Gasteiger partial charge in [0.1, 0.15) is 5.60 Å². The quantitative estimate of drug-likeness (QED) is 0.841. The molecular weight excluding hydrogens is 292 g/mol. The summed E-state index contributed by atoms with van der Waals surface area (Å²) >= 11 is 0. The number of ether oxygens (including phenoxy) is 1. The highest BCUT2D eigenvalue weighted by atomic mass is 16.6. The van der Waals surface area contributed by atoms with Gasteiger partial charge in [-0.1, -0.05) is 26.0 Å². The number of hydrogen-bond donors (Lipinski definition) is 2. The minimum atomic E-state index is -0.513. The van der Waals surface area contributed by atoms with E-state index in [2.05, 4.69) is 24.5 Å². The Bertz CT molecular complexity index is 514. The van der Waals surface area contributed by atoms with Crippen LogP contribution in [0.3, 0.4) is 0 Å². The van der Waals surface area contributed by atoms with E-state index in [9.17, 15) is 9.59 Å². The van der Waals surface area contributed by atoms with Crippen LogP contribution in [0.15, 0.2) is 24.3 Å². The van der Waals surface area contributed by atoms with Crippen LogP contribution in [0, 0.1) is 0 Å². The van der Waals surface area contributed by atoms with Gasteiger partial charge in [0, 0.05) is 18.2 Å². The Labute approximate surface area is 138 Å². The Kier molecular flexibility index (Phi) is 7.07. The summed E-state index contributed by atoms with van der Waals surface area (Å²) in [5, 5.41) is 5.69. The van der Waals surface area contributed by atoms with Crippen LogP contribution in [0.2, 0.25) is 0 Å². The second-order valence-corrected chi connectivity index (χ2v) is 6.54. The predicted molar refractivity (Wildman–Crippen MR) is 91.4 cm³/mol. The fourth-order valence-corrected chi connectivity index (χ4v) is 2.02. The monoisotopic (exact) mass is 320 g/mol. The van der Waals surface area contributed by atoms with Crippen LogP contribution in [0.5, 0.6) is 0 Å². The molecule has 0 radical (unpaired) electrons. The van der Waals surface area contributed by atoms with E-state index in [-0.39, 0.29) is 11.9 Å². The summed E-state index contributed by atoms with van der Waals surface area (Å²) < 4.78 is 5.18. The number of benzene rings is 1. The highest BCUT2D eigenvalue weighted by Gasteiger charge is 2.15. The first kappa shape index (κ1) is 19.0. The second kappa shape index (κ2) is 8.56. The number of rotatable bonds is 6. The van der Waals surface area contributed by atoms with E-state index in [1.807, 2.05) is 32.9 Å². The molecule has 1 rings (SSSR count). The maximum absolute atomic E-state index is 12.1. The molecule has 0 unspecified atom stereocenters. The van der Waals surface area contributed by atoms with Gasteiger partial charge in [-0.05, 0) is 51.3 Å². The van der Waals surface area contributed by atoms with E-state index in [4.69, 9.17) is 4.74 Å². The summed E-state index contributed by atoms with van der Waals surface area (Å²) in [4.78, 5) is 23.7. The van der Waals surface area contributed by atoms with Crippen LogP contribution in [-0.2, 0) is 11.3 Å². The lowest BCUT2D eigenvalue weighted by atomic mass is 10.1. The predicted octanol–water partition coefficient (Wildman–Crippen LogP) is 3.63. The molecule has 0 bridgehead atoms. The molecule has 5 heteroatoms. The van der Waals surface area contributed by atoms with Gasteiger partial charge in [-0.2, -0.15) is 0 Å². The topological polar surface area (TPSA) is 67.4 Å². The molecule has 0 saturated heterocycles. The molecule has 0 aliphatic carbocycles. The number of carbonyl (C=O) groups excluding carboxylic acids is 2. The molecule has 2 amide bonds. The summed E-state index contributed by atoms with van der Waals surface area (Å²) in [6, 6.07) is 7.41. The lowest BCUT2D eigenvalue weighted by Gasteiger charge is -2.19. The van der Waals surface area contributed by atoms with E-state index in [0.717, 1.165) is 18.4 Å². The first-order valence-corrected chi connectivity index (χ1v) is 8.11. The van der Waals surface area contributed by atoms with Crippen LogP contribution in [0.1, 0.15) is 63.4 Å². The first-order valence-electron chi connectivity index (χ1n) is 8.11. The largest absolute Gasteiger partial charge is 0.444 e. The highest BCUT2D eigenvalue weighted by molar-refractivity contribution is 5.94. The summed E-state index contributed by atoms with van der Waals surface area (Å²) in [5.41, 5.74) is 1.02. The molecule has 0 saturated carbocycles. The van der Waals surface area contributed by atoms with Gasteiger partial charge in [-0.25, -0.2) is 4.79 Å². The van der Waals surface area contributed by atoms with Crippen molar-refractivity contribution in [2.24, 2.45) is 0 Å². The third-order valence-corrected chi connectivity index (χ3v) is 3.37. The summed E-state index contributed by atoms with van der Waals surface area (Å²) in [7, 11) is 0. The average Bonchev–Trinajstić information content (AvgIpc) is 2.49. The molecule has 0 aliphatic heterocycles. The van der Waals surface area contributed by atoms with E-state index in [0.29, 0.717) is 12.1 Å². The van der Waals surface area contributed by atoms with Crippen molar-refractivity contribution in [3.8, 4) is 0 Å². The zero-order chi connectivity index (χ0) is 17.5. The molecule has 5 nitrogen and oxygen atoms in total. The van der Waals surface area contributed by atoms with Gasteiger partial charge in [-0.15, -0.1) is 0 Å². The van der Waals surface area contributed by atoms with Crippen molar-refractivity contribution in [3.63, 3.8) is 0 Å². The van der Waals surface area contributed by atoms with Gasteiger partial charge in [0.05, 0.1) is 0 Å². The maximum Gasteiger partial charge on any atom is 0.407 e. The zero-order valence-corrected chi connectivity index (χ0v) is 14.7. The lowest BCUT2D eigenvalue weighted by Crippen LogP contribution is -2.33. The van der Waals surface area contributed by atoms with Crippen LogP contribution >= 0.6 is 0 Å². The Morgan fingerprint density at radius 1 is 1.09 bits per heavy atom. The number of alkyl carbamates (subject to hydrolysis) is 1. The van der Waals surface area contributed by atoms with Crippen molar-refractivity contribution in [2.75, 3.05) is 0 Å². The Balaban J connectivity index is 2.53. The van der Waals surface area contributed by atoms with E-state index in [1.165, 1.54) is 0 Å². The van der Waals surface area contributed by atoms with E-state index < -0.39 is 11.7 Å². The van der Waals surface area contributed by atoms with Crippen molar-refractivity contribution in [2.45, 2.75) is 65.6 Å². The smallest absolute Gasteiger partial charge is 0.407 e. The first-order chi connectivity index (χ1) is 10.7. The zero-order valence-electron chi connectivity index (χ0n) is 14.7. The molecule has 1 aromatic rings. The molecule has 0 spiro atoms. The normalized spacial score (nSPS) is 11.2. The van der Waals surface area contributed by atoms with E-state index >= 15 is 0 Å². The third kappa shape index (κ3) is 7.17. The van der Waals surface area contributed by atoms with Gasteiger partial charge in [0.15, 0.2) is 0 Å². The van der Waals surface area contributed by atoms with E-state index in [1.54, 1.807) is 12.1 Å². The van der Waals surface area contributed by atoms with Gasteiger partial charge >= 0.3 is 6.09 Å². The maximum atomic E-state index is 12.1. The van der Waals surface area contributed by atoms with Crippen LogP contribution < -0.4 is 10.6 Å². The number of hydrogen-bond acceptors (Lipinski definition) is 3. The van der Waals surface area contributed by atoms with Crippen molar-refractivity contribution in [1.82, 2.24) is 10.6 Å². The van der Waals surface area contributed by atoms with Gasteiger partial charge in [0.25, 0.3) is 5.91 Å². The molecule has 23 heavy (non-hydrogen) atoms. The third-order valence-electron chi connectivity index (χ3n) is 3.37. The minimum Gasteiger partial charge on any atom is -0.444 e. The fraction of sp³-hybridized carbons (Fsp3) is 0.556.